The Balaban J connectivity index is 1.15. The van der Waals surface area contributed by atoms with Crippen molar-refractivity contribution in [2.45, 2.75) is 0 Å². The molecule has 3 nitrogen and oxygen atoms in total. The fraction of sp³-hybridized carbons (Fsp3) is 0. The summed E-state index contributed by atoms with van der Waals surface area (Å²) >= 11 is 0. The number of fused-ring (bicyclic) bond motifs is 4. The fourth-order valence-electron chi connectivity index (χ4n) is 6.93. The van der Waals surface area contributed by atoms with Crippen LogP contribution < -0.4 is 0 Å². The summed E-state index contributed by atoms with van der Waals surface area (Å²) in [6.45, 7) is 0. The van der Waals surface area contributed by atoms with Crippen LogP contribution in [-0.2, 0) is 0 Å². The monoisotopic (exact) mass is 663 g/mol. The van der Waals surface area contributed by atoms with Crippen molar-refractivity contribution in [3.63, 3.8) is 0 Å². The van der Waals surface area contributed by atoms with E-state index in [1.54, 1.807) is 30.5 Å². The SMILES string of the molecule is [2H]c1c(-c2c([2H])c([2H])c([2H])c(-c3ccc(-c4ccc5ccc6cccnc6c5n4)c4ccccc34)c2[2H])oc(-c2c([2H])c([2H])c3c([2H])c([2H])c4c([2H])c([2H])c([2H])c5c([2H])c([2H])c2c3c45)c1[2H]. The van der Waals surface area contributed by atoms with Gasteiger partial charge in [-0.3, -0.25) is 4.98 Å². The molecule has 0 amide bonds. The molecule has 0 aliphatic heterocycles. The molecule has 11 aromatic rings. The van der Waals surface area contributed by atoms with E-state index in [9.17, 15) is 4.11 Å². The smallest absolute Gasteiger partial charge is 0.135 e. The third-order valence-electron chi connectivity index (χ3n) is 9.29. The van der Waals surface area contributed by atoms with Gasteiger partial charge in [-0.1, -0.05) is 127 Å². The predicted octanol–water partition coefficient (Wildman–Crippen LogP) is 13.1. The van der Waals surface area contributed by atoms with Crippen LogP contribution in [0.25, 0.3) is 110 Å². The summed E-state index contributed by atoms with van der Waals surface area (Å²) in [6.07, 6.45) is 1.71. The van der Waals surface area contributed by atoms with Crippen molar-refractivity contribution in [1.82, 2.24) is 9.97 Å². The van der Waals surface area contributed by atoms with Gasteiger partial charge in [-0.15, -0.1) is 0 Å². The summed E-state index contributed by atoms with van der Waals surface area (Å²) in [6, 6.07) is 13.4. The van der Waals surface area contributed by atoms with E-state index in [-0.39, 0.29) is 37.9 Å². The van der Waals surface area contributed by atoms with E-state index in [4.69, 9.17) is 25.9 Å². The molecule has 3 heteroatoms. The average Bonchev–Trinajstić information content (AvgIpc) is 3.60. The fourth-order valence-corrected chi connectivity index (χ4v) is 6.93. The van der Waals surface area contributed by atoms with Gasteiger partial charge in [0.1, 0.15) is 11.5 Å². The quantitative estimate of drug-likeness (QED) is 0.176. The third-order valence-corrected chi connectivity index (χ3v) is 9.29. The Kier molecular flexibility index (Phi) is 3.65. The molecule has 0 fully saturated rings. The minimum absolute atomic E-state index is 0.0655. The maximum atomic E-state index is 9.60. The van der Waals surface area contributed by atoms with Gasteiger partial charge in [-0.25, -0.2) is 4.98 Å². The second-order valence-corrected chi connectivity index (χ2v) is 12.1. The van der Waals surface area contributed by atoms with Gasteiger partial charge in [0.25, 0.3) is 0 Å². The lowest BCUT2D eigenvalue weighted by Crippen LogP contribution is -1.91. The van der Waals surface area contributed by atoms with E-state index in [2.05, 4.69) is 4.98 Å². The normalized spacial score (nSPS) is 16.0. The molecule has 0 aliphatic carbocycles. The van der Waals surface area contributed by atoms with Crippen LogP contribution in [0.1, 0.15) is 20.6 Å². The topological polar surface area (TPSA) is 38.9 Å². The number of aromatic nitrogens is 2. The summed E-state index contributed by atoms with van der Waals surface area (Å²) in [7, 11) is 0. The maximum Gasteiger partial charge on any atom is 0.135 e. The summed E-state index contributed by atoms with van der Waals surface area (Å²) in [5, 5.41) is 1.79. The molecule has 236 valence electrons. The first kappa shape index (κ1) is 17.2. The maximum absolute atomic E-state index is 9.60. The first-order valence-corrected chi connectivity index (χ1v) is 16.1. The molecular weight excluding hydrogens is 621 g/mol. The third kappa shape index (κ3) is 4.32. The molecule has 11 rings (SSSR count). The molecule has 3 aromatic heterocycles. The van der Waals surface area contributed by atoms with Crippen molar-refractivity contribution in [2.75, 3.05) is 0 Å². The molecule has 0 atom stereocenters. The Morgan fingerprint density at radius 3 is 2.02 bits per heavy atom. The van der Waals surface area contributed by atoms with E-state index in [1.165, 1.54) is 0 Å². The molecule has 51 heavy (non-hydrogen) atoms. The number of nitrogens with zero attached hydrogens (tertiary/aromatic N) is 2. The van der Waals surface area contributed by atoms with Gasteiger partial charge in [-0.2, -0.15) is 0 Å². The zero-order valence-corrected chi connectivity index (χ0v) is 26.3. The van der Waals surface area contributed by atoms with Crippen LogP contribution >= 0.6 is 0 Å². The second kappa shape index (κ2) is 10.8. The Morgan fingerprint density at radius 1 is 0.451 bits per heavy atom. The first-order chi connectivity index (χ1) is 31.5. The van der Waals surface area contributed by atoms with Gasteiger partial charge in [0.2, 0.25) is 0 Å². The molecule has 0 saturated carbocycles. The Hall–Kier alpha value is -6.84. The number of pyridine rings is 2. The van der Waals surface area contributed by atoms with Crippen molar-refractivity contribution in [1.29, 1.82) is 0 Å². The van der Waals surface area contributed by atoms with Gasteiger partial charge >= 0.3 is 0 Å². The molecule has 0 bridgehead atoms. The Labute approximate surface area is 314 Å². The van der Waals surface area contributed by atoms with E-state index >= 15 is 0 Å². The number of hydrogen-bond acceptors (Lipinski definition) is 3. The highest BCUT2D eigenvalue weighted by Gasteiger charge is 2.16. The summed E-state index contributed by atoms with van der Waals surface area (Å²) in [4.78, 5) is 9.62. The van der Waals surface area contributed by atoms with Gasteiger partial charge in [0.15, 0.2) is 0 Å². The average molecular weight is 664 g/mol. The van der Waals surface area contributed by atoms with Crippen LogP contribution in [0.5, 0.6) is 0 Å². The van der Waals surface area contributed by atoms with Crippen molar-refractivity contribution in [2.24, 2.45) is 0 Å². The molecule has 3 heterocycles. The summed E-state index contributed by atoms with van der Waals surface area (Å²) in [5.41, 5.74) is 2.29. The highest BCUT2D eigenvalue weighted by atomic mass is 16.3. The minimum Gasteiger partial charge on any atom is -0.456 e. The lowest BCUT2D eigenvalue weighted by atomic mass is 9.91. The van der Waals surface area contributed by atoms with E-state index < -0.39 is 113 Å². The van der Waals surface area contributed by atoms with Crippen molar-refractivity contribution < 1.29 is 25.0 Å². The van der Waals surface area contributed by atoms with Crippen LogP contribution in [0.4, 0.5) is 0 Å². The Bertz CT molecular complexity index is 3990. The highest BCUT2D eigenvalue weighted by molar-refractivity contribution is 6.25. The van der Waals surface area contributed by atoms with E-state index in [0.29, 0.717) is 27.5 Å². The summed E-state index contributed by atoms with van der Waals surface area (Å²) < 4.78 is 141. The van der Waals surface area contributed by atoms with Crippen LogP contribution in [0, 0.1) is 0 Å². The number of furan rings is 1. The van der Waals surface area contributed by atoms with Crippen LogP contribution in [0.3, 0.4) is 0 Å². The predicted molar refractivity (Wildman–Crippen MR) is 212 cm³/mol. The highest BCUT2D eigenvalue weighted by Crippen LogP contribution is 2.42. The van der Waals surface area contributed by atoms with Gasteiger partial charge in [0.05, 0.1) is 37.3 Å². The lowest BCUT2D eigenvalue weighted by molar-refractivity contribution is 0.598. The second-order valence-electron chi connectivity index (χ2n) is 12.1. The lowest BCUT2D eigenvalue weighted by Gasteiger charge is -2.13. The number of benzene rings is 8. The minimum atomic E-state index is -0.690. The zero-order chi connectivity index (χ0) is 46.5. The van der Waals surface area contributed by atoms with Crippen LogP contribution in [0.15, 0.2) is 174 Å². The van der Waals surface area contributed by atoms with Gasteiger partial charge in [0, 0.05) is 33.7 Å². The molecule has 0 aliphatic rings. The molecule has 0 saturated heterocycles. The first-order valence-electron chi connectivity index (χ1n) is 23.6. The van der Waals surface area contributed by atoms with Crippen LogP contribution in [0.2, 0.25) is 0 Å². The molecule has 0 spiro atoms. The standard InChI is InChI=1S/C48H28N2O/c1-2-12-38-37(11-1)36(22-23-39(38)42-24-19-33-16-15-32-10-5-27-49-47(32)48(33)50-42)34-8-4-9-35(28-34)43-25-26-44(51-43)40-20-17-31-14-13-29-6-3-7-30-18-21-41(40)46(31)45(29)30/h1-28H/i3D,4D,6D,7D,8D,9D,13D,14D,17D,18D,20D,21D,25D,26D,28D. The van der Waals surface area contributed by atoms with Crippen molar-refractivity contribution in [3.8, 4) is 45.0 Å². The van der Waals surface area contributed by atoms with E-state index in [1.807, 2.05) is 48.5 Å². The van der Waals surface area contributed by atoms with Gasteiger partial charge < -0.3 is 4.42 Å². The van der Waals surface area contributed by atoms with Gasteiger partial charge in [-0.05, 0) is 90.5 Å². The molecular formula is C48H28N2O. The number of hydrogen-bond donors (Lipinski definition) is 0. The number of rotatable bonds is 4. The molecule has 0 unspecified atom stereocenters. The molecule has 0 radical (unpaired) electrons. The van der Waals surface area contributed by atoms with Crippen molar-refractivity contribution >= 4 is 64.9 Å². The van der Waals surface area contributed by atoms with E-state index in [0.717, 1.165) is 21.9 Å². The Morgan fingerprint density at radius 2 is 1.14 bits per heavy atom. The van der Waals surface area contributed by atoms with Crippen molar-refractivity contribution in [3.05, 3.63) is 170 Å². The molecule has 8 aromatic carbocycles. The molecule has 0 N–H and O–H groups in total. The largest absolute Gasteiger partial charge is 0.456 e. The van der Waals surface area contributed by atoms with Crippen LogP contribution in [-0.4, -0.2) is 9.97 Å². The zero-order valence-electron chi connectivity index (χ0n) is 41.3. The summed E-state index contributed by atoms with van der Waals surface area (Å²) in [5.74, 6) is -1.09.